The Morgan fingerprint density at radius 3 is 2.40 bits per heavy atom. The van der Waals surface area contributed by atoms with Gasteiger partial charge in [-0.05, 0) is 31.7 Å². The number of hydrogen-bond acceptors (Lipinski definition) is 5. The molecular weight excluding hydrogens is 281 g/mol. The number of azide groups is 1. The molecular formula is C12H26N3O4P. The molecule has 0 aromatic heterocycles. The standard InChI is InChI=1S/C12H26N3O4P/c1-4-7-8-17-10-12(9-14-15-13)11-20(16,18-5-2)19-6-3/h12H,4-11H2,1-3H3. The van der Waals surface area contributed by atoms with Crippen LogP contribution in [0, 0.1) is 5.92 Å². The average Bonchev–Trinajstić information content (AvgIpc) is 2.41. The predicted octanol–water partition coefficient (Wildman–Crippen LogP) is 4.00. The van der Waals surface area contributed by atoms with Gasteiger partial charge in [0.25, 0.3) is 0 Å². The Morgan fingerprint density at radius 1 is 1.25 bits per heavy atom. The van der Waals surface area contributed by atoms with Gasteiger partial charge in [-0.3, -0.25) is 4.57 Å². The van der Waals surface area contributed by atoms with Crippen molar-refractivity contribution in [3.63, 3.8) is 0 Å². The minimum atomic E-state index is -3.13. The van der Waals surface area contributed by atoms with Gasteiger partial charge in [-0.2, -0.15) is 0 Å². The number of ether oxygens (including phenoxy) is 1. The summed E-state index contributed by atoms with van der Waals surface area (Å²) < 4.78 is 28.5. The van der Waals surface area contributed by atoms with Crippen molar-refractivity contribution in [2.45, 2.75) is 33.6 Å². The molecule has 7 nitrogen and oxygen atoms in total. The molecule has 0 bridgehead atoms. The van der Waals surface area contributed by atoms with Crippen LogP contribution >= 0.6 is 7.60 Å². The van der Waals surface area contributed by atoms with Gasteiger partial charge in [0.1, 0.15) is 0 Å². The lowest BCUT2D eigenvalue weighted by molar-refractivity contribution is 0.102. The van der Waals surface area contributed by atoms with Gasteiger partial charge < -0.3 is 13.8 Å². The Morgan fingerprint density at radius 2 is 1.90 bits per heavy atom. The summed E-state index contributed by atoms with van der Waals surface area (Å²) in [5.41, 5.74) is 8.42. The van der Waals surface area contributed by atoms with E-state index in [1.807, 2.05) is 0 Å². The SMILES string of the molecule is CCCCOCC(CN=[N+]=[N-])CP(=O)(OCC)OCC. The lowest BCUT2D eigenvalue weighted by Gasteiger charge is -2.22. The molecule has 0 fully saturated rings. The number of hydrogen-bond donors (Lipinski definition) is 0. The maximum Gasteiger partial charge on any atom is 0.331 e. The van der Waals surface area contributed by atoms with Crippen LogP contribution < -0.4 is 0 Å². The van der Waals surface area contributed by atoms with Crippen molar-refractivity contribution in [2.75, 3.05) is 39.1 Å². The highest BCUT2D eigenvalue weighted by molar-refractivity contribution is 7.53. The van der Waals surface area contributed by atoms with Gasteiger partial charge in [-0.1, -0.05) is 18.5 Å². The van der Waals surface area contributed by atoms with Crippen molar-refractivity contribution in [3.05, 3.63) is 10.4 Å². The lowest BCUT2D eigenvalue weighted by atomic mass is 10.2. The smallest absolute Gasteiger partial charge is 0.331 e. The van der Waals surface area contributed by atoms with E-state index in [-0.39, 0.29) is 18.6 Å². The molecule has 20 heavy (non-hydrogen) atoms. The highest BCUT2D eigenvalue weighted by Crippen LogP contribution is 2.49. The summed E-state index contributed by atoms with van der Waals surface area (Å²) in [4.78, 5) is 2.74. The Kier molecular flexibility index (Phi) is 11.8. The number of rotatable bonds is 13. The fourth-order valence-corrected chi connectivity index (χ4v) is 3.59. The molecule has 0 amide bonds. The summed E-state index contributed by atoms with van der Waals surface area (Å²) >= 11 is 0. The normalized spacial score (nSPS) is 12.9. The number of nitrogens with zero attached hydrogens (tertiary/aromatic N) is 3. The maximum atomic E-state index is 12.4. The van der Waals surface area contributed by atoms with Crippen molar-refractivity contribution in [2.24, 2.45) is 11.0 Å². The molecule has 0 aromatic carbocycles. The summed E-state index contributed by atoms with van der Waals surface area (Å²) in [6.45, 7) is 7.54. The second kappa shape index (κ2) is 12.2. The van der Waals surface area contributed by atoms with Crippen LogP contribution in [-0.2, 0) is 18.3 Å². The molecule has 0 aliphatic rings. The third-order valence-corrected chi connectivity index (χ3v) is 4.80. The van der Waals surface area contributed by atoms with Crippen LogP contribution in [0.3, 0.4) is 0 Å². The first-order valence-electron chi connectivity index (χ1n) is 7.08. The first-order valence-corrected chi connectivity index (χ1v) is 8.81. The molecule has 0 heterocycles. The van der Waals surface area contributed by atoms with Gasteiger partial charge in [-0.15, -0.1) is 0 Å². The van der Waals surface area contributed by atoms with Gasteiger partial charge in [0.15, 0.2) is 0 Å². The van der Waals surface area contributed by atoms with E-state index in [0.717, 1.165) is 12.8 Å². The van der Waals surface area contributed by atoms with E-state index in [2.05, 4.69) is 16.9 Å². The summed E-state index contributed by atoms with van der Waals surface area (Å²) in [5.74, 6) is -0.160. The van der Waals surface area contributed by atoms with Crippen LogP contribution in [0.5, 0.6) is 0 Å². The molecule has 1 unspecified atom stereocenters. The third kappa shape index (κ3) is 9.34. The highest BCUT2D eigenvalue weighted by Gasteiger charge is 2.28. The summed E-state index contributed by atoms with van der Waals surface area (Å²) in [6.07, 6.45) is 2.24. The fourth-order valence-electron chi connectivity index (χ4n) is 1.66. The molecule has 0 rings (SSSR count). The van der Waals surface area contributed by atoms with Crippen LogP contribution in [-0.4, -0.2) is 39.1 Å². The van der Waals surface area contributed by atoms with E-state index < -0.39 is 7.60 Å². The first-order chi connectivity index (χ1) is 9.61. The fraction of sp³-hybridized carbons (Fsp3) is 1.00. The zero-order valence-corrected chi connectivity index (χ0v) is 13.6. The molecule has 0 spiro atoms. The van der Waals surface area contributed by atoms with Gasteiger partial charge >= 0.3 is 7.60 Å². The first kappa shape index (κ1) is 19.4. The van der Waals surface area contributed by atoms with Crippen LogP contribution in [0.1, 0.15) is 33.6 Å². The zero-order chi connectivity index (χ0) is 15.3. The van der Waals surface area contributed by atoms with Crippen molar-refractivity contribution in [1.82, 2.24) is 0 Å². The molecule has 0 radical (unpaired) electrons. The van der Waals surface area contributed by atoms with E-state index in [9.17, 15) is 4.57 Å². The van der Waals surface area contributed by atoms with Gasteiger partial charge in [0, 0.05) is 18.1 Å². The molecule has 118 valence electrons. The topological polar surface area (TPSA) is 93.5 Å². The molecule has 0 aromatic rings. The van der Waals surface area contributed by atoms with Crippen LogP contribution in [0.15, 0.2) is 5.11 Å². The quantitative estimate of drug-likeness (QED) is 0.169. The maximum absolute atomic E-state index is 12.4. The van der Waals surface area contributed by atoms with Crippen LogP contribution in [0.2, 0.25) is 0 Å². The van der Waals surface area contributed by atoms with Crippen molar-refractivity contribution >= 4 is 7.60 Å². The summed E-state index contributed by atoms with van der Waals surface area (Å²) in [7, 11) is -3.13. The van der Waals surface area contributed by atoms with E-state index in [1.54, 1.807) is 13.8 Å². The lowest BCUT2D eigenvalue weighted by Crippen LogP contribution is -2.19. The van der Waals surface area contributed by atoms with Crippen molar-refractivity contribution in [3.8, 4) is 0 Å². The van der Waals surface area contributed by atoms with Gasteiger partial charge in [-0.25, -0.2) is 0 Å². The van der Waals surface area contributed by atoms with E-state index in [0.29, 0.717) is 26.4 Å². The second-order valence-electron chi connectivity index (χ2n) is 4.34. The zero-order valence-electron chi connectivity index (χ0n) is 12.7. The van der Waals surface area contributed by atoms with Gasteiger partial charge in [0.2, 0.25) is 0 Å². The molecule has 0 aliphatic carbocycles. The molecule has 1 atom stereocenters. The molecule has 0 aliphatic heterocycles. The van der Waals surface area contributed by atoms with E-state index >= 15 is 0 Å². The highest BCUT2D eigenvalue weighted by atomic mass is 31.2. The average molecular weight is 307 g/mol. The minimum Gasteiger partial charge on any atom is -0.381 e. The van der Waals surface area contributed by atoms with Crippen molar-refractivity contribution in [1.29, 1.82) is 0 Å². The second-order valence-corrected chi connectivity index (χ2v) is 6.44. The molecule has 0 N–H and O–H groups in total. The summed E-state index contributed by atoms with van der Waals surface area (Å²) in [6, 6.07) is 0. The predicted molar refractivity (Wildman–Crippen MR) is 79.0 cm³/mol. The molecule has 0 saturated carbocycles. The Balaban J connectivity index is 4.49. The van der Waals surface area contributed by atoms with E-state index in [1.165, 1.54) is 0 Å². The van der Waals surface area contributed by atoms with Crippen molar-refractivity contribution < 1.29 is 18.3 Å². The Hall–Kier alpha value is -0.580. The molecule has 0 saturated heterocycles. The van der Waals surface area contributed by atoms with Crippen LogP contribution in [0.25, 0.3) is 10.4 Å². The monoisotopic (exact) mass is 307 g/mol. The van der Waals surface area contributed by atoms with E-state index in [4.69, 9.17) is 19.3 Å². The molecule has 8 heteroatoms. The number of unbranched alkanes of at least 4 members (excludes halogenated alkanes) is 1. The largest absolute Gasteiger partial charge is 0.381 e. The Labute approximate surface area is 121 Å². The van der Waals surface area contributed by atoms with Crippen LogP contribution in [0.4, 0.5) is 0 Å². The third-order valence-electron chi connectivity index (χ3n) is 2.53. The van der Waals surface area contributed by atoms with Gasteiger partial charge in [0.05, 0.1) is 26.0 Å². The Bertz CT molecular complexity index is 325. The minimum absolute atomic E-state index is 0.160. The summed E-state index contributed by atoms with van der Waals surface area (Å²) in [5, 5.41) is 3.54.